The largest absolute Gasteiger partial charge is 0.346 e. The van der Waals surface area contributed by atoms with Gasteiger partial charge < -0.3 is 15.2 Å². The maximum atomic E-state index is 5.86. The summed E-state index contributed by atoms with van der Waals surface area (Å²) in [6.07, 6.45) is 5.87. The van der Waals surface area contributed by atoms with Gasteiger partial charge in [0.15, 0.2) is 5.11 Å². The Morgan fingerprint density at radius 3 is 2.71 bits per heavy atom. The van der Waals surface area contributed by atoms with E-state index in [0.29, 0.717) is 6.04 Å². The van der Waals surface area contributed by atoms with Gasteiger partial charge in [-0.05, 0) is 68.2 Å². The molecular weight excluding hydrogens is 364 g/mol. The monoisotopic (exact) mass is 392 g/mol. The predicted molar refractivity (Wildman–Crippen MR) is 121 cm³/mol. The van der Waals surface area contributed by atoms with Gasteiger partial charge in [-0.25, -0.2) is 4.98 Å². The van der Waals surface area contributed by atoms with Gasteiger partial charge in [0.05, 0.1) is 11.0 Å². The third-order valence-electron chi connectivity index (χ3n) is 5.90. The fourth-order valence-electron chi connectivity index (χ4n) is 4.09. The van der Waals surface area contributed by atoms with Crippen LogP contribution in [0.15, 0.2) is 42.5 Å². The number of imidazole rings is 1. The summed E-state index contributed by atoms with van der Waals surface area (Å²) in [6.45, 7) is 5.16. The lowest BCUT2D eigenvalue weighted by Crippen LogP contribution is -2.43. The van der Waals surface area contributed by atoms with Crippen LogP contribution in [0.2, 0.25) is 0 Å². The van der Waals surface area contributed by atoms with Gasteiger partial charge in [-0.15, -0.1) is 0 Å². The highest BCUT2D eigenvalue weighted by atomic mass is 32.1. The van der Waals surface area contributed by atoms with E-state index >= 15 is 0 Å². The zero-order valence-corrected chi connectivity index (χ0v) is 17.5. The molecule has 1 aromatic heterocycles. The fraction of sp³-hybridized carbons (Fsp3) is 0.391. The summed E-state index contributed by atoms with van der Waals surface area (Å²) in [5, 5.41) is 4.35. The Hall–Kier alpha value is -2.40. The molecule has 4 nitrogen and oxygen atoms in total. The van der Waals surface area contributed by atoms with Crippen molar-refractivity contribution in [3.05, 3.63) is 59.4 Å². The van der Waals surface area contributed by atoms with E-state index in [-0.39, 0.29) is 0 Å². The maximum absolute atomic E-state index is 5.86. The molecule has 1 heterocycles. The van der Waals surface area contributed by atoms with E-state index in [4.69, 9.17) is 17.2 Å². The molecule has 146 valence electrons. The third-order valence-corrected chi connectivity index (χ3v) is 6.24. The van der Waals surface area contributed by atoms with Gasteiger partial charge in [0, 0.05) is 24.7 Å². The van der Waals surface area contributed by atoms with Gasteiger partial charge in [-0.1, -0.05) is 37.1 Å². The Morgan fingerprint density at radius 1 is 1.14 bits per heavy atom. The lowest BCUT2D eigenvalue weighted by atomic mass is 10.1. The normalized spacial score (nSPS) is 14.5. The first-order valence-electron chi connectivity index (χ1n) is 10.2. The van der Waals surface area contributed by atoms with E-state index in [1.165, 1.54) is 36.8 Å². The summed E-state index contributed by atoms with van der Waals surface area (Å²) < 4.78 is 0. The number of anilines is 1. The highest BCUT2D eigenvalue weighted by molar-refractivity contribution is 7.80. The second-order valence-corrected chi connectivity index (χ2v) is 8.15. The number of H-pyrrole nitrogens is 1. The molecule has 5 heteroatoms. The van der Waals surface area contributed by atoms with Gasteiger partial charge in [-0.2, -0.15) is 0 Å². The molecule has 1 aliphatic rings. The molecule has 2 N–H and O–H groups in total. The molecule has 0 spiro atoms. The molecule has 3 aromatic rings. The Morgan fingerprint density at radius 2 is 1.93 bits per heavy atom. The number of para-hydroxylation sites is 2. The summed E-state index contributed by atoms with van der Waals surface area (Å²) in [6, 6.07) is 15.1. The van der Waals surface area contributed by atoms with Gasteiger partial charge in [-0.3, -0.25) is 0 Å². The Kier molecular flexibility index (Phi) is 5.62. The van der Waals surface area contributed by atoms with Crippen molar-refractivity contribution in [2.75, 3.05) is 11.9 Å². The van der Waals surface area contributed by atoms with E-state index < -0.39 is 0 Å². The Balaban J connectivity index is 1.49. The van der Waals surface area contributed by atoms with Crippen molar-refractivity contribution in [1.82, 2.24) is 14.9 Å². The van der Waals surface area contributed by atoms with Crippen LogP contribution in [0.25, 0.3) is 11.0 Å². The van der Waals surface area contributed by atoms with Crippen LogP contribution in [0.3, 0.4) is 0 Å². The zero-order chi connectivity index (χ0) is 19.5. The van der Waals surface area contributed by atoms with Gasteiger partial charge in [0.1, 0.15) is 5.82 Å². The Labute approximate surface area is 172 Å². The molecule has 28 heavy (non-hydrogen) atoms. The van der Waals surface area contributed by atoms with E-state index in [9.17, 15) is 0 Å². The standard InChI is InChI=1S/C23H28N4S/c1-16-8-7-13-19(17(16)2)26-23(28)27(18-9-3-4-10-18)15-14-22-24-20-11-5-6-12-21(20)25-22/h5-8,11-13,18H,3-4,9-10,14-15H2,1-2H3,(H,24,25)(H,26,28). The van der Waals surface area contributed by atoms with Crippen LogP contribution in [-0.2, 0) is 6.42 Å². The number of fused-ring (bicyclic) bond motifs is 1. The van der Waals surface area contributed by atoms with Crippen molar-refractivity contribution < 1.29 is 0 Å². The number of aryl methyl sites for hydroxylation is 1. The summed E-state index contributed by atoms with van der Waals surface area (Å²) in [4.78, 5) is 10.6. The molecule has 0 aliphatic heterocycles. The SMILES string of the molecule is Cc1cccc(NC(=S)N(CCc2nc3ccccc3[nH]2)C2CCCC2)c1C. The molecule has 2 aromatic carbocycles. The van der Waals surface area contributed by atoms with Crippen molar-refractivity contribution in [3.63, 3.8) is 0 Å². The molecule has 0 saturated heterocycles. The number of aromatic amines is 1. The summed E-state index contributed by atoms with van der Waals surface area (Å²) in [5.74, 6) is 1.03. The average Bonchev–Trinajstić information content (AvgIpc) is 3.35. The van der Waals surface area contributed by atoms with Crippen LogP contribution in [0, 0.1) is 13.8 Å². The van der Waals surface area contributed by atoms with Crippen molar-refractivity contribution in [1.29, 1.82) is 0 Å². The van der Waals surface area contributed by atoms with Crippen molar-refractivity contribution in [2.24, 2.45) is 0 Å². The topological polar surface area (TPSA) is 44.0 Å². The number of aromatic nitrogens is 2. The minimum Gasteiger partial charge on any atom is -0.346 e. The average molecular weight is 393 g/mol. The van der Waals surface area contributed by atoms with E-state index in [1.807, 2.05) is 12.1 Å². The number of nitrogens with one attached hydrogen (secondary N) is 2. The third kappa shape index (κ3) is 4.04. The van der Waals surface area contributed by atoms with Crippen LogP contribution in [0.4, 0.5) is 5.69 Å². The first-order chi connectivity index (χ1) is 13.6. The molecule has 1 saturated carbocycles. The summed E-state index contributed by atoms with van der Waals surface area (Å²) >= 11 is 5.86. The highest BCUT2D eigenvalue weighted by Gasteiger charge is 2.25. The first-order valence-corrected chi connectivity index (χ1v) is 10.6. The van der Waals surface area contributed by atoms with Crippen LogP contribution in [0.5, 0.6) is 0 Å². The number of hydrogen-bond acceptors (Lipinski definition) is 2. The van der Waals surface area contributed by atoms with Crippen molar-refractivity contribution in [3.8, 4) is 0 Å². The van der Waals surface area contributed by atoms with E-state index in [1.54, 1.807) is 0 Å². The zero-order valence-electron chi connectivity index (χ0n) is 16.7. The number of nitrogens with zero attached hydrogens (tertiary/aromatic N) is 2. The van der Waals surface area contributed by atoms with Crippen LogP contribution >= 0.6 is 12.2 Å². The lowest BCUT2D eigenvalue weighted by molar-refractivity contribution is 0.320. The molecule has 0 bridgehead atoms. The molecule has 0 atom stereocenters. The van der Waals surface area contributed by atoms with Gasteiger partial charge in [0.25, 0.3) is 0 Å². The quantitative estimate of drug-likeness (QED) is 0.574. The minimum absolute atomic E-state index is 0.523. The van der Waals surface area contributed by atoms with Gasteiger partial charge >= 0.3 is 0 Å². The second-order valence-electron chi connectivity index (χ2n) is 7.76. The van der Waals surface area contributed by atoms with Crippen LogP contribution in [0.1, 0.15) is 42.6 Å². The molecule has 0 radical (unpaired) electrons. The molecule has 1 fully saturated rings. The number of benzene rings is 2. The number of rotatable bonds is 5. The molecule has 4 rings (SSSR count). The van der Waals surface area contributed by atoms with Crippen molar-refractivity contribution in [2.45, 2.75) is 52.0 Å². The molecular formula is C23H28N4S. The van der Waals surface area contributed by atoms with Crippen LogP contribution in [-0.4, -0.2) is 32.6 Å². The predicted octanol–water partition coefficient (Wildman–Crippen LogP) is 5.36. The van der Waals surface area contributed by atoms with Gasteiger partial charge in [0.2, 0.25) is 0 Å². The van der Waals surface area contributed by atoms with Crippen LogP contribution < -0.4 is 5.32 Å². The van der Waals surface area contributed by atoms with E-state index in [0.717, 1.165) is 40.6 Å². The van der Waals surface area contributed by atoms with Crippen molar-refractivity contribution >= 4 is 34.1 Å². The maximum Gasteiger partial charge on any atom is 0.173 e. The fourth-order valence-corrected chi connectivity index (χ4v) is 4.44. The molecule has 1 aliphatic carbocycles. The number of hydrogen-bond donors (Lipinski definition) is 2. The molecule has 0 unspecified atom stereocenters. The Bertz CT molecular complexity index is 939. The summed E-state index contributed by atoms with van der Waals surface area (Å²) in [7, 11) is 0. The smallest absolute Gasteiger partial charge is 0.173 e. The second kappa shape index (κ2) is 8.31. The minimum atomic E-state index is 0.523. The lowest BCUT2D eigenvalue weighted by Gasteiger charge is -2.32. The summed E-state index contributed by atoms with van der Waals surface area (Å²) in [5.41, 5.74) is 5.77. The molecule has 0 amide bonds. The van der Waals surface area contributed by atoms with E-state index in [2.05, 4.69) is 59.4 Å². The first kappa shape index (κ1) is 18.9. The number of thiocarbonyl (C=S) groups is 1. The highest BCUT2D eigenvalue weighted by Crippen LogP contribution is 2.26.